The Morgan fingerprint density at radius 2 is 1.85 bits per heavy atom. The molecule has 0 aliphatic rings. The van der Waals surface area contributed by atoms with E-state index in [1.54, 1.807) is 31.4 Å². The van der Waals surface area contributed by atoms with Crippen molar-refractivity contribution in [1.82, 2.24) is 10.6 Å². The van der Waals surface area contributed by atoms with E-state index in [4.69, 9.17) is 17.0 Å². The second-order valence-electron chi connectivity index (χ2n) is 5.49. The molecule has 2 amide bonds. The molecule has 136 valence electrons. The van der Waals surface area contributed by atoms with Crippen molar-refractivity contribution >= 4 is 34.8 Å². The maximum Gasteiger partial charge on any atom is 0.251 e. The molecule has 26 heavy (non-hydrogen) atoms. The maximum absolute atomic E-state index is 12.0. The van der Waals surface area contributed by atoms with Gasteiger partial charge in [0, 0.05) is 24.9 Å². The second kappa shape index (κ2) is 10.3. The lowest BCUT2D eigenvalue weighted by atomic mass is 10.1. The van der Waals surface area contributed by atoms with Gasteiger partial charge in [-0.2, -0.15) is 0 Å². The van der Waals surface area contributed by atoms with Crippen LogP contribution >= 0.6 is 12.2 Å². The normalized spacial score (nSPS) is 10.0. The Morgan fingerprint density at radius 1 is 1.08 bits per heavy atom. The van der Waals surface area contributed by atoms with Crippen molar-refractivity contribution in [3.05, 3.63) is 65.7 Å². The van der Waals surface area contributed by atoms with Gasteiger partial charge in [-0.1, -0.05) is 36.4 Å². The third-order valence-electron chi connectivity index (χ3n) is 3.43. The van der Waals surface area contributed by atoms with Crippen LogP contribution < -0.4 is 16.0 Å². The zero-order valence-corrected chi connectivity index (χ0v) is 15.3. The van der Waals surface area contributed by atoms with E-state index in [9.17, 15) is 9.59 Å². The van der Waals surface area contributed by atoms with E-state index in [1.807, 2.05) is 30.3 Å². The fourth-order valence-electron chi connectivity index (χ4n) is 2.22. The Balaban J connectivity index is 1.87. The fraction of sp³-hybridized carbons (Fsp3) is 0.211. The summed E-state index contributed by atoms with van der Waals surface area (Å²) >= 11 is 5.16. The molecule has 0 bridgehead atoms. The number of hydrogen-bond acceptors (Lipinski definition) is 4. The number of methoxy groups -OCH3 is 1. The van der Waals surface area contributed by atoms with Gasteiger partial charge >= 0.3 is 0 Å². The molecule has 2 aromatic carbocycles. The Bertz CT molecular complexity index is 766. The minimum atomic E-state index is -0.206. The number of benzene rings is 2. The molecule has 6 nitrogen and oxygen atoms in total. The van der Waals surface area contributed by atoms with E-state index in [0.29, 0.717) is 24.4 Å². The number of nitrogens with one attached hydrogen (secondary N) is 3. The van der Waals surface area contributed by atoms with Crippen molar-refractivity contribution in [3.63, 3.8) is 0 Å². The molecule has 0 aliphatic carbocycles. The summed E-state index contributed by atoms with van der Waals surface area (Å²) in [6, 6.07) is 16.3. The molecule has 2 rings (SSSR count). The van der Waals surface area contributed by atoms with Crippen molar-refractivity contribution in [2.24, 2.45) is 0 Å². The summed E-state index contributed by atoms with van der Waals surface area (Å²) in [5.41, 5.74) is 2.02. The summed E-state index contributed by atoms with van der Waals surface area (Å²) in [4.78, 5) is 24.1. The highest BCUT2D eigenvalue weighted by Gasteiger charge is 2.08. The number of rotatable bonds is 7. The third kappa shape index (κ3) is 6.62. The average molecular weight is 371 g/mol. The summed E-state index contributed by atoms with van der Waals surface area (Å²) in [5.74, 6) is -0.410. The van der Waals surface area contributed by atoms with Crippen LogP contribution in [0.25, 0.3) is 0 Å². The second-order valence-corrected chi connectivity index (χ2v) is 5.90. The van der Waals surface area contributed by atoms with Crippen LogP contribution in [0.3, 0.4) is 0 Å². The monoisotopic (exact) mass is 371 g/mol. The Labute approximate surface area is 157 Å². The van der Waals surface area contributed by atoms with Crippen LogP contribution in [0.2, 0.25) is 0 Å². The van der Waals surface area contributed by atoms with Gasteiger partial charge in [-0.25, -0.2) is 0 Å². The van der Waals surface area contributed by atoms with Crippen LogP contribution in [0.1, 0.15) is 15.9 Å². The number of anilines is 1. The molecule has 0 spiro atoms. The van der Waals surface area contributed by atoms with Crippen molar-refractivity contribution < 1.29 is 14.3 Å². The van der Waals surface area contributed by atoms with Gasteiger partial charge in [0.25, 0.3) is 5.91 Å². The third-order valence-corrected chi connectivity index (χ3v) is 3.64. The molecule has 0 saturated carbocycles. The van der Waals surface area contributed by atoms with Crippen LogP contribution in [0, 0.1) is 0 Å². The van der Waals surface area contributed by atoms with E-state index in [-0.39, 0.29) is 23.3 Å². The lowest BCUT2D eigenvalue weighted by molar-refractivity contribution is -0.119. The Kier molecular flexibility index (Phi) is 7.73. The SMILES string of the molecule is COCCNC(=O)c1cccc(NC(=S)NC(=O)Cc2ccccc2)c1. The highest BCUT2D eigenvalue weighted by molar-refractivity contribution is 7.80. The first-order valence-electron chi connectivity index (χ1n) is 8.10. The Hall–Kier alpha value is -2.77. The molecule has 0 radical (unpaired) electrons. The summed E-state index contributed by atoms with van der Waals surface area (Å²) in [6.07, 6.45) is 0.241. The number of amides is 2. The van der Waals surface area contributed by atoms with E-state index in [1.165, 1.54) is 0 Å². The molecule has 3 N–H and O–H groups in total. The van der Waals surface area contributed by atoms with Gasteiger partial charge in [0.2, 0.25) is 5.91 Å². The molecule has 0 aliphatic heterocycles. The molecule has 0 heterocycles. The molecule has 0 aromatic heterocycles. The number of thiocarbonyl (C=S) groups is 1. The van der Waals surface area contributed by atoms with Gasteiger partial charge in [-0.05, 0) is 36.0 Å². The van der Waals surface area contributed by atoms with Crippen molar-refractivity contribution in [2.45, 2.75) is 6.42 Å². The van der Waals surface area contributed by atoms with Crippen LogP contribution in [0.15, 0.2) is 54.6 Å². The molecule has 0 unspecified atom stereocenters. The van der Waals surface area contributed by atoms with E-state index in [0.717, 1.165) is 5.56 Å². The molecule has 7 heteroatoms. The van der Waals surface area contributed by atoms with Crippen LogP contribution in [0.5, 0.6) is 0 Å². The van der Waals surface area contributed by atoms with Crippen molar-refractivity contribution in [3.8, 4) is 0 Å². The summed E-state index contributed by atoms with van der Waals surface area (Å²) in [7, 11) is 1.57. The van der Waals surface area contributed by atoms with Gasteiger partial charge in [0.05, 0.1) is 13.0 Å². The number of carbonyl (C=O) groups excluding carboxylic acids is 2. The first kappa shape index (κ1) is 19.6. The van der Waals surface area contributed by atoms with E-state index in [2.05, 4.69) is 16.0 Å². The van der Waals surface area contributed by atoms with Gasteiger partial charge < -0.3 is 20.7 Å². The van der Waals surface area contributed by atoms with E-state index >= 15 is 0 Å². The zero-order valence-electron chi connectivity index (χ0n) is 14.5. The lowest BCUT2D eigenvalue weighted by Crippen LogP contribution is -2.35. The Morgan fingerprint density at radius 3 is 2.58 bits per heavy atom. The van der Waals surface area contributed by atoms with Gasteiger partial charge in [-0.15, -0.1) is 0 Å². The average Bonchev–Trinajstić information content (AvgIpc) is 2.62. The summed E-state index contributed by atoms with van der Waals surface area (Å²) in [5, 5.41) is 8.48. The zero-order chi connectivity index (χ0) is 18.8. The quantitative estimate of drug-likeness (QED) is 0.513. The maximum atomic E-state index is 12.0. The molecule has 2 aromatic rings. The molecule has 0 atom stereocenters. The van der Waals surface area contributed by atoms with Crippen LogP contribution in [-0.4, -0.2) is 37.2 Å². The minimum Gasteiger partial charge on any atom is -0.383 e. The molecule has 0 saturated heterocycles. The van der Waals surface area contributed by atoms with Gasteiger partial charge in [0.1, 0.15) is 0 Å². The predicted molar refractivity (Wildman–Crippen MR) is 105 cm³/mol. The van der Waals surface area contributed by atoms with Gasteiger partial charge in [-0.3, -0.25) is 9.59 Å². The summed E-state index contributed by atoms with van der Waals surface area (Å²) in [6.45, 7) is 0.877. The topological polar surface area (TPSA) is 79.5 Å². The highest BCUT2D eigenvalue weighted by Crippen LogP contribution is 2.10. The summed E-state index contributed by atoms with van der Waals surface area (Å²) < 4.78 is 4.90. The van der Waals surface area contributed by atoms with Crippen LogP contribution in [-0.2, 0) is 16.0 Å². The van der Waals surface area contributed by atoms with Gasteiger partial charge in [0.15, 0.2) is 5.11 Å². The lowest BCUT2D eigenvalue weighted by Gasteiger charge is -2.11. The van der Waals surface area contributed by atoms with Crippen molar-refractivity contribution in [2.75, 3.05) is 25.6 Å². The number of hydrogen-bond donors (Lipinski definition) is 3. The molecular formula is C19H21N3O3S. The standard InChI is InChI=1S/C19H21N3O3S/c1-25-11-10-20-18(24)15-8-5-9-16(13-15)21-19(26)22-17(23)12-14-6-3-2-4-7-14/h2-9,13H,10-12H2,1H3,(H,20,24)(H2,21,22,23,26). The van der Waals surface area contributed by atoms with Crippen LogP contribution in [0.4, 0.5) is 5.69 Å². The smallest absolute Gasteiger partial charge is 0.251 e. The fourth-order valence-corrected chi connectivity index (χ4v) is 2.45. The largest absolute Gasteiger partial charge is 0.383 e. The first-order valence-corrected chi connectivity index (χ1v) is 8.51. The van der Waals surface area contributed by atoms with E-state index < -0.39 is 0 Å². The number of carbonyl (C=O) groups is 2. The minimum absolute atomic E-state index is 0.183. The van der Waals surface area contributed by atoms with Crippen molar-refractivity contribution in [1.29, 1.82) is 0 Å². The molecular weight excluding hydrogens is 350 g/mol. The number of ether oxygens (including phenoxy) is 1. The molecule has 0 fully saturated rings. The first-order chi connectivity index (χ1) is 12.6. The highest BCUT2D eigenvalue weighted by atomic mass is 32.1. The predicted octanol–water partition coefficient (Wildman–Crippen LogP) is 2.12.